The molecule has 82 valence electrons. The molecule has 3 aromatic rings. The van der Waals surface area contributed by atoms with Gasteiger partial charge in [-0.25, -0.2) is 0 Å². The van der Waals surface area contributed by atoms with Gasteiger partial charge in [0.05, 0.1) is 11.1 Å². The van der Waals surface area contributed by atoms with Crippen molar-refractivity contribution in [1.82, 2.24) is 14.8 Å². The lowest BCUT2D eigenvalue weighted by Crippen LogP contribution is -1.91. The Labute approximate surface area is 97.5 Å². The van der Waals surface area contributed by atoms with E-state index in [0.717, 1.165) is 17.4 Å². The van der Waals surface area contributed by atoms with Gasteiger partial charge in [-0.1, -0.05) is 30.3 Å². The highest BCUT2D eigenvalue weighted by atomic mass is 16.1. The van der Waals surface area contributed by atoms with Crippen molar-refractivity contribution in [3.63, 3.8) is 0 Å². The lowest BCUT2D eigenvalue weighted by Gasteiger charge is -1.95. The summed E-state index contributed by atoms with van der Waals surface area (Å²) in [5.74, 6) is 0. The SMILES string of the molecule is O=Cc1c(-c2ccccc2)nn2ncccc12. The van der Waals surface area contributed by atoms with Crippen molar-refractivity contribution in [2.24, 2.45) is 0 Å². The first kappa shape index (κ1) is 9.72. The molecule has 0 aliphatic heterocycles. The molecule has 0 unspecified atom stereocenters. The van der Waals surface area contributed by atoms with Crippen LogP contribution in [0.3, 0.4) is 0 Å². The van der Waals surface area contributed by atoms with Gasteiger partial charge in [0.2, 0.25) is 0 Å². The van der Waals surface area contributed by atoms with Crippen LogP contribution in [0.15, 0.2) is 48.7 Å². The number of hydrogen-bond acceptors (Lipinski definition) is 3. The zero-order valence-electron chi connectivity index (χ0n) is 8.95. The topological polar surface area (TPSA) is 47.3 Å². The first-order valence-corrected chi connectivity index (χ1v) is 5.25. The van der Waals surface area contributed by atoms with E-state index < -0.39 is 0 Å². The van der Waals surface area contributed by atoms with Crippen LogP contribution in [0.2, 0.25) is 0 Å². The highest BCUT2D eigenvalue weighted by Crippen LogP contribution is 2.23. The second-order valence-electron chi connectivity index (χ2n) is 3.64. The van der Waals surface area contributed by atoms with Crippen LogP contribution in [0.25, 0.3) is 16.8 Å². The largest absolute Gasteiger partial charge is 0.298 e. The third-order valence-electron chi connectivity index (χ3n) is 2.62. The Morgan fingerprint density at radius 2 is 1.88 bits per heavy atom. The summed E-state index contributed by atoms with van der Waals surface area (Å²) >= 11 is 0. The van der Waals surface area contributed by atoms with Crippen molar-refractivity contribution < 1.29 is 4.79 Å². The minimum atomic E-state index is 0.573. The van der Waals surface area contributed by atoms with Gasteiger partial charge >= 0.3 is 0 Å². The molecule has 17 heavy (non-hydrogen) atoms. The smallest absolute Gasteiger partial charge is 0.154 e. The molecule has 0 amide bonds. The molecule has 4 nitrogen and oxygen atoms in total. The Morgan fingerprint density at radius 1 is 1.06 bits per heavy atom. The minimum Gasteiger partial charge on any atom is -0.298 e. The Hall–Kier alpha value is -2.49. The second kappa shape index (κ2) is 3.83. The molecule has 2 aromatic heterocycles. The molecule has 0 spiro atoms. The number of aldehydes is 1. The Balaban J connectivity index is 2.33. The average Bonchev–Trinajstić information content (AvgIpc) is 2.78. The van der Waals surface area contributed by atoms with Crippen molar-refractivity contribution in [3.05, 3.63) is 54.2 Å². The molecule has 0 aliphatic carbocycles. The number of nitrogens with zero attached hydrogens (tertiary/aromatic N) is 3. The maximum Gasteiger partial charge on any atom is 0.154 e. The number of carbonyl (C=O) groups is 1. The van der Waals surface area contributed by atoms with Crippen molar-refractivity contribution in [2.45, 2.75) is 0 Å². The fourth-order valence-corrected chi connectivity index (χ4v) is 1.84. The van der Waals surface area contributed by atoms with Crippen LogP contribution < -0.4 is 0 Å². The number of aromatic nitrogens is 3. The molecule has 0 bridgehead atoms. The van der Waals surface area contributed by atoms with Crippen molar-refractivity contribution in [2.75, 3.05) is 0 Å². The van der Waals surface area contributed by atoms with Gasteiger partial charge in [0.15, 0.2) is 6.29 Å². The summed E-state index contributed by atoms with van der Waals surface area (Å²) < 4.78 is 1.48. The fraction of sp³-hybridized carbons (Fsp3) is 0. The van der Waals surface area contributed by atoms with Gasteiger partial charge in [0.1, 0.15) is 5.69 Å². The normalized spacial score (nSPS) is 10.6. The van der Waals surface area contributed by atoms with Gasteiger partial charge in [-0.2, -0.15) is 9.73 Å². The van der Waals surface area contributed by atoms with Gasteiger partial charge in [0, 0.05) is 11.8 Å². The molecule has 0 fully saturated rings. The molecular weight excluding hydrogens is 214 g/mol. The monoisotopic (exact) mass is 223 g/mol. The number of rotatable bonds is 2. The van der Waals surface area contributed by atoms with E-state index in [0.29, 0.717) is 11.3 Å². The molecule has 0 radical (unpaired) electrons. The molecule has 2 heterocycles. The lowest BCUT2D eigenvalue weighted by molar-refractivity contribution is 0.112. The van der Waals surface area contributed by atoms with Gasteiger partial charge in [-0.05, 0) is 12.1 Å². The lowest BCUT2D eigenvalue weighted by atomic mass is 10.1. The molecule has 0 atom stereocenters. The maximum atomic E-state index is 11.2. The summed E-state index contributed by atoms with van der Waals surface area (Å²) in [5.41, 5.74) is 2.88. The third kappa shape index (κ3) is 1.50. The maximum absolute atomic E-state index is 11.2. The van der Waals surface area contributed by atoms with E-state index in [1.165, 1.54) is 4.63 Å². The van der Waals surface area contributed by atoms with Gasteiger partial charge < -0.3 is 0 Å². The Kier molecular flexibility index (Phi) is 2.19. The summed E-state index contributed by atoms with van der Waals surface area (Å²) in [6, 6.07) is 13.2. The van der Waals surface area contributed by atoms with Crippen LogP contribution in [-0.2, 0) is 0 Å². The third-order valence-corrected chi connectivity index (χ3v) is 2.62. The quantitative estimate of drug-likeness (QED) is 0.626. The zero-order valence-corrected chi connectivity index (χ0v) is 8.95. The van der Waals surface area contributed by atoms with Gasteiger partial charge in [-0.3, -0.25) is 4.79 Å². The van der Waals surface area contributed by atoms with E-state index in [2.05, 4.69) is 10.2 Å². The molecule has 0 saturated carbocycles. The summed E-state index contributed by atoms with van der Waals surface area (Å²) in [4.78, 5) is 11.2. The number of carbonyl (C=O) groups excluding carboxylic acids is 1. The highest BCUT2D eigenvalue weighted by Gasteiger charge is 2.13. The van der Waals surface area contributed by atoms with Crippen molar-refractivity contribution in [1.29, 1.82) is 0 Å². The summed E-state index contributed by atoms with van der Waals surface area (Å²) in [5, 5.41) is 8.41. The number of hydrogen-bond donors (Lipinski definition) is 0. The molecule has 1 aromatic carbocycles. The molecule has 0 aliphatic rings. The number of benzene rings is 1. The predicted molar refractivity (Wildman–Crippen MR) is 63.8 cm³/mol. The average molecular weight is 223 g/mol. The van der Waals surface area contributed by atoms with Crippen LogP contribution in [0.5, 0.6) is 0 Å². The highest BCUT2D eigenvalue weighted by molar-refractivity contribution is 5.94. The summed E-state index contributed by atoms with van der Waals surface area (Å²) in [6.07, 6.45) is 2.47. The van der Waals surface area contributed by atoms with E-state index in [9.17, 15) is 4.79 Å². The minimum absolute atomic E-state index is 0.573. The van der Waals surface area contributed by atoms with Crippen LogP contribution in [0, 0.1) is 0 Å². The van der Waals surface area contributed by atoms with E-state index in [1.54, 1.807) is 12.3 Å². The Bertz CT molecular complexity index is 673. The van der Waals surface area contributed by atoms with E-state index in [1.807, 2.05) is 36.4 Å². The van der Waals surface area contributed by atoms with Crippen LogP contribution in [-0.4, -0.2) is 21.1 Å². The predicted octanol–water partition coefficient (Wildman–Crippen LogP) is 2.21. The first-order chi connectivity index (χ1) is 8.40. The Morgan fingerprint density at radius 3 is 2.65 bits per heavy atom. The summed E-state index contributed by atoms with van der Waals surface area (Å²) in [7, 11) is 0. The van der Waals surface area contributed by atoms with Crippen LogP contribution in [0.4, 0.5) is 0 Å². The van der Waals surface area contributed by atoms with E-state index in [-0.39, 0.29) is 0 Å². The standard InChI is InChI=1S/C13H9N3O/c17-9-11-12-7-4-8-14-16(12)15-13(11)10-5-2-1-3-6-10/h1-9H. The van der Waals surface area contributed by atoms with Crippen LogP contribution in [0.1, 0.15) is 10.4 Å². The molecule has 4 heteroatoms. The fourth-order valence-electron chi connectivity index (χ4n) is 1.84. The zero-order chi connectivity index (χ0) is 11.7. The molecule has 3 rings (SSSR count). The van der Waals surface area contributed by atoms with E-state index in [4.69, 9.17) is 0 Å². The van der Waals surface area contributed by atoms with Crippen molar-refractivity contribution >= 4 is 11.8 Å². The second-order valence-corrected chi connectivity index (χ2v) is 3.64. The van der Waals surface area contributed by atoms with Crippen molar-refractivity contribution in [3.8, 4) is 11.3 Å². The summed E-state index contributed by atoms with van der Waals surface area (Å²) in [6.45, 7) is 0. The van der Waals surface area contributed by atoms with Gasteiger partial charge in [0.25, 0.3) is 0 Å². The van der Waals surface area contributed by atoms with Crippen LogP contribution >= 0.6 is 0 Å². The molecular formula is C13H9N3O. The van der Waals surface area contributed by atoms with Gasteiger partial charge in [-0.15, -0.1) is 5.10 Å². The molecule has 0 N–H and O–H groups in total. The first-order valence-electron chi connectivity index (χ1n) is 5.25. The van der Waals surface area contributed by atoms with E-state index >= 15 is 0 Å². The molecule has 0 saturated heterocycles. The number of fused-ring (bicyclic) bond motifs is 1.